The average molecular weight is 511 g/mol. The molecule has 29 heavy (non-hydrogen) atoms. The molecule has 0 aliphatic carbocycles. The monoisotopic (exact) mass is 511 g/mol. The Morgan fingerprint density at radius 2 is 1.90 bits per heavy atom. The van der Waals surface area contributed by atoms with Crippen molar-refractivity contribution in [2.24, 2.45) is 4.99 Å². The van der Waals surface area contributed by atoms with Gasteiger partial charge in [-0.1, -0.05) is 18.2 Å². The molecule has 0 unspecified atom stereocenters. The molecule has 0 saturated heterocycles. The van der Waals surface area contributed by atoms with Gasteiger partial charge >= 0.3 is 0 Å². The van der Waals surface area contributed by atoms with Crippen molar-refractivity contribution in [1.82, 2.24) is 20.5 Å². The molecule has 0 spiro atoms. The van der Waals surface area contributed by atoms with Crippen LogP contribution in [0.4, 0.5) is 0 Å². The van der Waals surface area contributed by atoms with E-state index in [1.165, 1.54) is 5.56 Å². The maximum atomic E-state index is 12.3. The first-order valence-corrected chi connectivity index (χ1v) is 9.33. The molecular formula is C21H30IN5O2. The molecular weight excluding hydrogens is 481 g/mol. The summed E-state index contributed by atoms with van der Waals surface area (Å²) < 4.78 is 5.16. The molecule has 0 bridgehead atoms. The van der Waals surface area contributed by atoms with Gasteiger partial charge in [-0.2, -0.15) is 0 Å². The first-order chi connectivity index (χ1) is 13.6. The number of hydrogen-bond donors (Lipinski definition) is 2. The van der Waals surface area contributed by atoms with Gasteiger partial charge in [-0.25, -0.2) is 0 Å². The van der Waals surface area contributed by atoms with E-state index < -0.39 is 0 Å². The number of amides is 1. The number of pyridine rings is 1. The van der Waals surface area contributed by atoms with Gasteiger partial charge in [0.1, 0.15) is 5.75 Å². The molecule has 1 aromatic carbocycles. The minimum Gasteiger partial charge on any atom is -0.497 e. The van der Waals surface area contributed by atoms with Crippen molar-refractivity contribution in [3.05, 3.63) is 59.9 Å². The highest BCUT2D eigenvalue weighted by molar-refractivity contribution is 14.0. The first-order valence-electron chi connectivity index (χ1n) is 9.33. The van der Waals surface area contributed by atoms with Crippen LogP contribution in [0, 0.1) is 0 Å². The predicted molar refractivity (Wildman–Crippen MR) is 127 cm³/mol. The number of ether oxygens (including phenoxy) is 1. The molecule has 1 aromatic heterocycles. The molecule has 0 aliphatic heterocycles. The zero-order valence-electron chi connectivity index (χ0n) is 17.2. The molecule has 2 aromatic rings. The number of benzene rings is 1. The Morgan fingerprint density at radius 1 is 1.14 bits per heavy atom. The molecule has 0 fully saturated rings. The summed E-state index contributed by atoms with van der Waals surface area (Å²) >= 11 is 0. The molecule has 158 valence electrons. The molecule has 2 rings (SSSR count). The maximum absolute atomic E-state index is 12.3. The fourth-order valence-corrected chi connectivity index (χ4v) is 2.59. The number of carbonyl (C=O) groups is 1. The van der Waals surface area contributed by atoms with Crippen LogP contribution in [0.25, 0.3) is 0 Å². The fraction of sp³-hybridized carbons (Fsp3) is 0.381. The number of likely N-dealkylation sites (N-methyl/N-ethyl adjacent to an activating group) is 1. The van der Waals surface area contributed by atoms with Crippen molar-refractivity contribution in [2.75, 3.05) is 40.8 Å². The molecule has 0 saturated carbocycles. The normalized spacial score (nSPS) is 10.7. The summed E-state index contributed by atoms with van der Waals surface area (Å²) in [6, 6.07) is 13.8. The van der Waals surface area contributed by atoms with Crippen LogP contribution in [0.2, 0.25) is 0 Å². The molecule has 0 atom stereocenters. The van der Waals surface area contributed by atoms with Gasteiger partial charge in [-0.05, 0) is 36.2 Å². The van der Waals surface area contributed by atoms with Crippen LogP contribution in [0.1, 0.15) is 11.3 Å². The number of nitrogens with zero attached hydrogens (tertiary/aromatic N) is 3. The second-order valence-corrected chi connectivity index (χ2v) is 6.34. The maximum Gasteiger partial charge on any atom is 0.241 e. The lowest BCUT2D eigenvalue weighted by Crippen LogP contribution is -2.44. The third-order valence-corrected chi connectivity index (χ3v) is 4.35. The van der Waals surface area contributed by atoms with Crippen LogP contribution in [-0.4, -0.2) is 62.6 Å². The van der Waals surface area contributed by atoms with Crippen LogP contribution >= 0.6 is 24.0 Å². The summed E-state index contributed by atoms with van der Waals surface area (Å²) in [6.45, 7) is 1.54. The quantitative estimate of drug-likeness (QED) is 0.307. The number of halogens is 1. The highest BCUT2D eigenvalue weighted by Crippen LogP contribution is 2.11. The van der Waals surface area contributed by atoms with Crippen molar-refractivity contribution in [2.45, 2.75) is 12.8 Å². The van der Waals surface area contributed by atoms with E-state index in [2.05, 4.69) is 20.6 Å². The van der Waals surface area contributed by atoms with Gasteiger partial charge in [0.05, 0.1) is 13.7 Å². The second kappa shape index (κ2) is 13.8. The van der Waals surface area contributed by atoms with Gasteiger partial charge in [0.15, 0.2) is 5.96 Å². The summed E-state index contributed by atoms with van der Waals surface area (Å²) in [5.41, 5.74) is 2.18. The van der Waals surface area contributed by atoms with Crippen LogP contribution < -0.4 is 15.4 Å². The minimum absolute atomic E-state index is 0. The topological polar surface area (TPSA) is 78.9 Å². The molecule has 1 heterocycles. The van der Waals surface area contributed by atoms with Gasteiger partial charge in [0, 0.05) is 45.5 Å². The Labute approximate surface area is 190 Å². The number of aromatic nitrogens is 1. The Hall–Kier alpha value is -2.36. The lowest BCUT2D eigenvalue weighted by molar-refractivity contribution is -0.128. The number of aliphatic imine (C=N–C) groups is 1. The molecule has 2 N–H and O–H groups in total. The number of nitrogens with one attached hydrogen (secondary N) is 2. The van der Waals surface area contributed by atoms with Gasteiger partial charge < -0.3 is 20.3 Å². The fourth-order valence-electron chi connectivity index (χ4n) is 2.59. The summed E-state index contributed by atoms with van der Waals surface area (Å²) in [7, 11) is 5.15. The second-order valence-electron chi connectivity index (χ2n) is 6.34. The van der Waals surface area contributed by atoms with E-state index in [4.69, 9.17) is 4.74 Å². The minimum atomic E-state index is 0. The number of hydrogen-bond acceptors (Lipinski definition) is 4. The Kier molecular flexibility index (Phi) is 11.7. The van der Waals surface area contributed by atoms with Crippen LogP contribution in [0.3, 0.4) is 0 Å². The van der Waals surface area contributed by atoms with Gasteiger partial charge in [-0.3, -0.25) is 14.8 Å². The summed E-state index contributed by atoms with van der Waals surface area (Å²) in [4.78, 5) is 22.4. The number of rotatable bonds is 9. The number of methoxy groups -OCH3 is 1. The zero-order chi connectivity index (χ0) is 20.2. The summed E-state index contributed by atoms with van der Waals surface area (Å²) in [5, 5.41) is 6.29. The third-order valence-electron chi connectivity index (χ3n) is 4.35. The average Bonchev–Trinajstić information content (AvgIpc) is 2.75. The summed E-state index contributed by atoms with van der Waals surface area (Å²) in [5.74, 6) is 1.47. The predicted octanol–water partition coefficient (Wildman–Crippen LogP) is 2.12. The van der Waals surface area contributed by atoms with Crippen LogP contribution in [0.15, 0.2) is 53.7 Å². The zero-order valence-corrected chi connectivity index (χ0v) is 19.6. The summed E-state index contributed by atoms with van der Waals surface area (Å²) in [6.07, 6.45) is 3.35. The van der Waals surface area contributed by atoms with E-state index in [0.29, 0.717) is 12.5 Å². The van der Waals surface area contributed by atoms with Crippen molar-refractivity contribution in [3.63, 3.8) is 0 Å². The van der Waals surface area contributed by atoms with E-state index in [1.54, 1.807) is 32.3 Å². The van der Waals surface area contributed by atoms with E-state index in [1.807, 2.05) is 42.5 Å². The van der Waals surface area contributed by atoms with Gasteiger partial charge in [0.25, 0.3) is 0 Å². The SMILES string of the molecule is CN=C(NCCc1ccc(OC)cc1)NCC(=O)N(C)CCc1ccccn1.I. The highest BCUT2D eigenvalue weighted by atomic mass is 127. The van der Waals surface area contributed by atoms with E-state index in [9.17, 15) is 4.79 Å². The Balaban J connectivity index is 0.00000420. The lowest BCUT2D eigenvalue weighted by atomic mass is 10.1. The van der Waals surface area contributed by atoms with Crippen LogP contribution in [0.5, 0.6) is 5.75 Å². The molecule has 7 nitrogen and oxygen atoms in total. The first kappa shape index (κ1) is 24.7. The standard InChI is InChI=1S/C21H29N5O2.HI/c1-22-21(24-14-11-17-7-9-19(28-3)10-8-17)25-16-20(27)26(2)15-12-18-6-4-5-13-23-18;/h4-10,13H,11-12,14-16H2,1-3H3,(H2,22,24,25);1H. The highest BCUT2D eigenvalue weighted by Gasteiger charge is 2.09. The van der Waals surface area contributed by atoms with Crippen molar-refractivity contribution < 1.29 is 9.53 Å². The Morgan fingerprint density at radius 3 is 2.52 bits per heavy atom. The molecule has 0 radical (unpaired) electrons. The largest absolute Gasteiger partial charge is 0.497 e. The Bertz CT molecular complexity index is 753. The molecule has 8 heteroatoms. The number of guanidine groups is 1. The van der Waals surface area contributed by atoms with Crippen molar-refractivity contribution in [3.8, 4) is 5.75 Å². The van der Waals surface area contributed by atoms with Crippen molar-refractivity contribution in [1.29, 1.82) is 0 Å². The van der Waals surface area contributed by atoms with E-state index >= 15 is 0 Å². The van der Waals surface area contributed by atoms with Crippen LogP contribution in [-0.2, 0) is 17.6 Å². The van der Waals surface area contributed by atoms with E-state index in [-0.39, 0.29) is 36.4 Å². The van der Waals surface area contributed by atoms with Gasteiger partial charge in [0.2, 0.25) is 5.91 Å². The molecule has 0 aliphatic rings. The lowest BCUT2D eigenvalue weighted by Gasteiger charge is -2.18. The van der Waals surface area contributed by atoms with E-state index in [0.717, 1.165) is 30.8 Å². The number of carbonyl (C=O) groups excluding carboxylic acids is 1. The molecule has 1 amide bonds. The smallest absolute Gasteiger partial charge is 0.241 e. The van der Waals surface area contributed by atoms with Crippen molar-refractivity contribution >= 4 is 35.8 Å². The third kappa shape index (κ3) is 9.12. The van der Waals surface area contributed by atoms with Gasteiger partial charge in [-0.15, -0.1) is 24.0 Å².